The minimum absolute atomic E-state index is 0.0295. The van der Waals surface area contributed by atoms with Crippen molar-refractivity contribution in [2.75, 3.05) is 13.1 Å². The molecule has 5 heteroatoms. The highest BCUT2D eigenvalue weighted by Gasteiger charge is 2.17. The van der Waals surface area contributed by atoms with E-state index in [1.165, 1.54) is 0 Å². The van der Waals surface area contributed by atoms with Gasteiger partial charge in [-0.05, 0) is 33.2 Å². The molecule has 0 fully saturated rings. The van der Waals surface area contributed by atoms with Crippen LogP contribution in [0, 0.1) is 0 Å². The summed E-state index contributed by atoms with van der Waals surface area (Å²) < 4.78 is 5.01. The fourth-order valence-corrected chi connectivity index (χ4v) is 1.72. The average Bonchev–Trinajstić information content (AvgIpc) is 2.85. The van der Waals surface area contributed by atoms with E-state index in [0.29, 0.717) is 12.2 Å². The second-order valence-corrected chi connectivity index (χ2v) is 5.35. The Balaban J connectivity index is 2.34. The van der Waals surface area contributed by atoms with Gasteiger partial charge in [-0.3, -0.25) is 4.79 Å². The van der Waals surface area contributed by atoms with Crippen LogP contribution in [0.25, 0.3) is 0 Å². The molecule has 0 atom stereocenters. The van der Waals surface area contributed by atoms with Crippen molar-refractivity contribution in [2.45, 2.75) is 52.5 Å². The lowest BCUT2D eigenvalue weighted by Gasteiger charge is -2.26. The maximum Gasteiger partial charge on any atom is 0.273 e. The number of aromatic nitrogens is 1. The summed E-state index contributed by atoms with van der Waals surface area (Å²) in [5.74, 6) is 0.560. The van der Waals surface area contributed by atoms with Crippen LogP contribution in [-0.2, 0) is 6.42 Å². The van der Waals surface area contributed by atoms with Crippen molar-refractivity contribution in [1.29, 1.82) is 0 Å². The van der Waals surface area contributed by atoms with Gasteiger partial charge in [-0.25, -0.2) is 0 Å². The first-order valence-corrected chi connectivity index (χ1v) is 6.97. The van der Waals surface area contributed by atoms with Crippen molar-refractivity contribution in [3.05, 3.63) is 17.5 Å². The van der Waals surface area contributed by atoms with Gasteiger partial charge in [0.25, 0.3) is 5.91 Å². The van der Waals surface area contributed by atoms with E-state index in [4.69, 9.17) is 4.52 Å². The van der Waals surface area contributed by atoms with Crippen LogP contribution in [0.2, 0.25) is 0 Å². The molecule has 0 unspecified atom stereocenters. The van der Waals surface area contributed by atoms with Gasteiger partial charge in [0, 0.05) is 24.6 Å². The van der Waals surface area contributed by atoms with Crippen LogP contribution in [-0.4, -0.2) is 29.7 Å². The number of hydrogen-bond acceptors (Lipinski definition) is 4. The molecule has 0 bridgehead atoms. The monoisotopic (exact) mass is 267 g/mol. The van der Waals surface area contributed by atoms with Crippen molar-refractivity contribution in [3.8, 4) is 0 Å². The highest BCUT2D eigenvalue weighted by molar-refractivity contribution is 5.92. The largest absolute Gasteiger partial charge is 0.361 e. The maximum atomic E-state index is 11.8. The summed E-state index contributed by atoms with van der Waals surface area (Å²) in [5, 5.41) is 10.1. The van der Waals surface area contributed by atoms with E-state index >= 15 is 0 Å². The molecule has 0 radical (unpaired) electrons. The third-order valence-electron chi connectivity index (χ3n) is 3.03. The van der Waals surface area contributed by atoms with Crippen LogP contribution in [0.15, 0.2) is 10.6 Å². The number of carbonyl (C=O) groups excluding carboxylic acids is 1. The third-order valence-corrected chi connectivity index (χ3v) is 3.03. The van der Waals surface area contributed by atoms with Crippen LogP contribution in [0.5, 0.6) is 0 Å². The van der Waals surface area contributed by atoms with E-state index in [1.807, 2.05) is 6.92 Å². The number of amides is 1. The van der Waals surface area contributed by atoms with Crippen molar-refractivity contribution in [1.82, 2.24) is 15.8 Å². The zero-order valence-corrected chi connectivity index (χ0v) is 12.4. The lowest BCUT2D eigenvalue weighted by molar-refractivity contribution is 0.0941. The van der Waals surface area contributed by atoms with E-state index in [9.17, 15) is 4.79 Å². The summed E-state index contributed by atoms with van der Waals surface area (Å²) in [6.07, 6.45) is 2.72. The van der Waals surface area contributed by atoms with Crippen LogP contribution < -0.4 is 10.6 Å². The molecular weight excluding hydrogens is 242 g/mol. The van der Waals surface area contributed by atoms with E-state index < -0.39 is 0 Å². The third kappa shape index (κ3) is 5.42. The Bertz CT molecular complexity index is 399. The zero-order valence-electron chi connectivity index (χ0n) is 12.4. The molecule has 0 spiro atoms. The highest BCUT2D eigenvalue weighted by atomic mass is 16.5. The van der Waals surface area contributed by atoms with Crippen molar-refractivity contribution in [2.24, 2.45) is 0 Å². The first-order chi connectivity index (χ1) is 8.98. The Labute approximate surface area is 115 Å². The van der Waals surface area contributed by atoms with E-state index in [1.54, 1.807) is 6.07 Å². The molecule has 1 heterocycles. The molecular formula is C14H25N3O2. The summed E-state index contributed by atoms with van der Waals surface area (Å²) in [7, 11) is 0. The van der Waals surface area contributed by atoms with E-state index in [0.717, 1.165) is 31.6 Å². The molecule has 1 rings (SSSR count). The fourth-order valence-electron chi connectivity index (χ4n) is 1.72. The van der Waals surface area contributed by atoms with Crippen LogP contribution in [0.4, 0.5) is 0 Å². The molecule has 2 N–H and O–H groups in total. The van der Waals surface area contributed by atoms with Gasteiger partial charge in [-0.2, -0.15) is 0 Å². The Hall–Kier alpha value is -1.36. The molecule has 0 aromatic carbocycles. The lowest BCUT2D eigenvalue weighted by Crippen LogP contribution is -2.42. The summed E-state index contributed by atoms with van der Waals surface area (Å²) in [4.78, 5) is 11.8. The van der Waals surface area contributed by atoms with Crippen LogP contribution >= 0.6 is 0 Å². The molecule has 0 saturated carbocycles. The minimum Gasteiger partial charge on any atom is -0.361 e. The molecule has 19 heavy (non-hydrogen) atoms. The Kier molecular flexibility index (Phi) is 6.02. The minimum atomic E-state index is -0.172. The molecule has 1 aromatic rings. The second-order valence-electron chi connectivity index (χ2n) is 5.35. The number of nitrogens with zero attached hydrogens (tertiary/aromatic N) is 1. The smallest absolute Gasteiger partial charge is 0.273 e. The SMILES string of the molecule is CCCNC(C)(C)CCNC(=O)c1cc(CC)on1. The van der Waals surface area contributed by atoms with Crippen molar-refractivity contribution < 1.29 is 9.32 Å². The topological polar surface area (TPSA) is 67.2 Å². The molecule has 0 saturated heterocycles. The van der Waals surface area contributed by atoms with Gasteiger partial charge in [-0.15, -0.1) is 0 Å². The van der Waals surface area contributed by atoms with Gasteiger partial charge in [0.05, 0.1) is 0 Å². The summed E-state index contributed by atoms with van der Waals surface area (Å²) in [6, 6.07) is 1.69. The molecule has 1 amide bonds. The van der Waals surface area contributed by atoms with E-state index in [-0.39, 0.29) is 11.4 Å². The zero-order chi connectivity index (χ0) is 14.3. The number of nitrogens with one attached hydrogen (secondary N) is 2. The lowest BCUT2D eigenvalue weighted by atomic mass is 10.0. The number of rotatable bonds is 8. The highest BCUT2D eigenvalue weighted by Crippen LogP contribution is 2.08. The Morgan fingerprint density at radius 2 is 2.11 bits per heavy atom. The molecule has 108 valence electrons. The maximum absolute atomic E-state index is 11.8. The van der Waals surface area contributed by atoms with Crippen molar-refractivity contribution in [3.63, 3.8) is 0 Å². The number of hydrogen-bond donors (Lipinski definition) is 2. The summed E-state index contributed by atoms with van der Waals surface area (Å²) in [6.45, 7) is 9.99. The first-order valence-electron chi connectivity index (χ1n) is 6.97. The normalized spacial score (nSPS) is 11.6. The van der Waals surface area contributed by atoms with Gasteiger partial charge in [-0.1, -0.05) is 19.0 Å². The van der Waals surface area contributed by atoms with Gasteiger partial charge < -0.3 is 15.2 Å². The molecule has 0 aliphatic carbocycles. The summed E-state index contributed by atoms with van der Waals surface area (Å²) in [5.41, 5.74) is 0.387. The molecule has 0 aliphatic heterocycles. The second kappa shape index (κ2) is 7.28. The summed E-state index contributed by atoms with van der Waals surface area (Å²) >= 11 is 0. The van der Waals surface area contributed by atoms with Crippen molar-refractivity contribution >= 4 is 5.91 Å². The van der Waals surface area contributed by atoms with Crippen LogP contribution in [0.3, 0.4) is 0 Å². The fraction of sp³-hybridized carbons (Fsp3) is 0.714. The molecule has 1 aromatic heterocycles. The predicted octanol–water partition coefficient (Wildman–Crippen LogP) is 2.14. The molecule has 5 nitrogen and oxygen atoms in total. The van der Waals surface area contributed by atoms with Crippen LogP contribution in [0.1, 0.15) is 56.8 Å². The molecule has 0 aliphatic rings. The quantitative estimate of drug-likeness (QED) is 0.757. The first kappa shape index (κ1) is 15.7. The van der Waals surface area contributed by atoms with Gasteiger partial charge in [0.1, 0.15) is 5.76 Å². The standard InChI is InChI=1S/C14H25N3O2/c1-5-8-16-14(3,4)7-9-15-13(18)12-10-11(6-2)19-17-12/h10,16H,5-9H2,1-4H3,(H,15,18). The van der Waals surface area contributed by atoms with Gasteiger partial charge >= 0.3 is 0 Å². The van der Waals surface area contributed by atoms with E-state index in [2.05, 4.69) is 36.6 Å². The number of carbonyl (C=O) groups is 1. The number of aryl methyl sites for hydroxylation is 1. The Morgan fingerprint density at radius 1 is 1.37 bits per heavy atom. The predicted molar refractivity (Wildman–Crippen MR) is 75.2 cm³/mol. The van der Waals surface area contributed by atoms with Gasteiger partial charge in [0.15, 0.2) is 5.69 Å². The Morgan fingerprint density at radius 3 is 2.68 bits per heavy atom. The van der Waals surface area contributed by atoms with Gasteiger partial charge in [0.2, 0.25) is 0 Å². The average molecular weight is 267 g/mol.